The van der Waals surface area contributed by atoms with Crippen LogP contribution < -0.4 is 0 Å². The maximum absolute atomic E-state index is 4.53. The van der Waals surface area contributed by atoms with E-state index >= 15 is 0 Å². The molecule has 1 aromatic heterocycles. The minimum absolute atomic E-state index is 0.745. The molecule has 3 rings (SSSR count). The number of rotatable bonds is 3. The van der Waals surface area contributed by atoms with Gasteiger partial charge in [0, 0.05) is 17.5 Å². The molecule has 1 aliphatic carbocycles. The highest BCUT2D eigenvalue weighted by atomic mass is 14.9. The lowest BCUT2D eigenvalue weighted by molar-refractivity contribution is 0.420. The predicted octanol–water partition coefficient (Wildman–Crippen LogP) is 4.22. The molecule has 1 aromatic carbocycles. The van der Waals surface area contributed by atoms with Crippen LogP contribution in [0.25, 0.3) is 11.4 Å². The van der Waals surface area contributed by atoms with E-state index in [0.717, 1.165) is 18.2 Å². The molecule has 0 radical (unpaired) electrons. The fraction of sp³-hybridized carbons (Fsp3) is 0.438. The Hall–Kier alpha value is -1.57. The van der Waals surface area contributed by atoms with Crippen LogP contribution in [0, 0.1) is 6.92 Å². The second-order valence-corrected chi connectivity index (χ2v) is 5.33. The van der Waals surface area contributed by atoms with Gasteiger partial charge in [-0.1, -0.05) is 37.1 Å². The van der Waals surface area contributed by atoms with Gasteiger partial charge in [-0.15, -0.1) is 0 Å². The highest BCUT2D eigenvalue weighted by Crippen LogP contribution is 2.40. The minimum atomic E-state index is 0.745. The Balaban J connectivity index is 2.04. The topological polar surface area (TPSA) is 28.7 Å². The zero-order valence-electron chi connectivity index (χ0n) is 11.2. The number of aromatic amines is 1. The van der Waals surface area contributed by atoms with Gasteiger partial charge < -0.3 is 4.98 Å². The summed E-state index contributed by atoms with van der Waals surface area (Å²) in [6.07, 6.45) is 7.00. The highest BCUT2D eigenvalue weighted by molar-refractivity contribution is 5.62. The average molecular weight is 240 g/mol. The number of imidazole rings is 1. The van der Waals surface area contributed by atoms with Crippen molar-refractivity contribution in [1.29, 1.82) is 0 Å². The molecule has 0 bridgehead atoms. The SMILES string of the molecule is CCc1cnc(-c2ccc(C)cc2C2CCC2)[nH]1. The number of hydrogen-bond donors (Lipinski definition) is 1. The second kappa shape index (κ2) is 4.60. The molecule has 1 N–H and O–H groups in total. The minimum Gasteiger partial charge on any atom is -0.342 e. The quantitative estimate of drug-likeness (QED) is 0.855. The molecule has 1 fully saturated rings. The Morgan fingerprint density at radius 1 is 1.33 bits per heavy atom. The lowest BCUT2D eigenvalue weighted by atomic mass is 9.77. The first-order valence-corrected chi connectivity index (χ1v) is 6.92. The van der Waals surface area contributed by atoms with Crippen LogP contribution in [0.4, 0.5) is 0 Å². The number of nitrogens with one attached hydrogen (secondary N) is 1. The van der Waals surface area contributed by atoms with Crippen molar-refractivity contribution in [1.82, 2.24) is 9.97 Å². The molecule has 2 heteroatoms. The van der Waals surface area contributed by atoms with Crippen LogP contribution in [0.5, 0.6) is 0 Å². The third kappa shape index (κ3) is 1.96. The van der Waals surface area contributed by atoms with E-state index < -0.39 is 0 Å². The normalized spacial score (nSPS) is 15.7. The van der Waals surface area contributed by atoms with Crippen molar-refractivity contribution in [3.05, 3.63) is 41.2 Å². The van der Waals surface area contributed by atoms with E-state index in [-0.39, 0.29) is 0 Å². The second-order valence-electron chi connectivity index (χ2n) is 5.33. The summed E-state index contributed by atoms with van der Waals surface area (Å²) in [7, 11) is 0. The van der Waals surface area contributed by atoms with Crippen LogP contribution in [-0.4, -0.2) is 9.97 Å². The van der Waals surface area contributed by atoms with Crippen LogP contribution in [0.3, 0.4) is 0 Å². The highest BCUT2D eigenvalue weighted by Gasteiger charge is 2.23. The van der Waals surface area contributed by atoms with Gasteiger partial charge >= 0.3 is 0 Å². The third-order valence-electron chi connectivity index (χ3n) is 4.02. The summed E-state index contributed by atoms with van der Waals surface area (Å²) in [5, 5.41) is 0. The van der Waals surface area contributed by atoms with Crippen LogP contribution >= 0.6 is 0 Å². The Kier molecular flexibility index (Phi) is 2.94. The predicted molar refractivity (Wildman–Crippen MR) is 74.7 cm³/mol. The molecule has 0 unspecified atom stereocenters. The standard InChI is InChI=1S/C16H20N2/c1-3-13-10-17-16(18-13)14-8-7-11(2)9-15(14)12-5-4-6-12/h7-10,12H,3-6H2,1-2H3,(H,17,18). The van der Waals surface area contributed by atoms with E-state index in [0.29, 0.717) is 0 Å². The van der Waals surface area contributed by atoms with Gasteiger partial charge in [0.05, 0.1) is 0 Å². The monoisotopic (exact) mass is 240 g/mol. The molecule has 0 aliphatic heterocycles. The molecule has 0 amide bonds. The number of aryl methyl sites for hydroxylation is 2. The van der Waals surface area contributed by atoms with Crippen molar-refractivity contribution in [2.45, 2.75) is 45.4 Å². The zero-order chi connectivity index (χ0) is 12.5. The average Bonchev–Trinajstić information content (AvgIpc) is 2.75. The number of benzene rings is 1. The summed E-state index contributed by atoms with van der Waals surface area (Å²) in [5.74, 6) is 1.78. The van der Waals surface area contributed by atoms with Crippen molar-refractivity contribution in [3.8, 4) is 11.4 Å². The molecule has 0 saturated heterocycles. The van der Waals surface area contributed by atoms with E-state index in [9.17, 15) is 0 Å². The van der Waals surface area contributed by atoms with Gasteiger partial charge in [-0.25, -0.2) is 4.98 Å². The first-order chi connectivity index (χ1) is 8.78. The molecule has 2 aromatic rings. The van der Waals surface area contributed by atoms with Crippen LogP contribution in [-0.2, 0) is 6.42 Å². The Labute approximate surface area is 108 Å². The molecular formula is C16H20N2. The number of nitrogens with zero attached hydrogens (tertiary/aromatic N) is 1. The first kappa shape index (κ1) is 11.5. The summed E-state index contributed by atoms with van der Waals surface area (Å²) in [4.78, 5) is 7.96. The largest absolute Gasteiger partial charge is 0.342 e. The maximum Gasteiger partial charge on any atom is 0.137 e. The maximum atomic E-state index is 4.53. The van der Waals surface area contributed by atoms with Crippen molar-refractivity contribution in [3.63, 3.8) is 0 Å². The summed E-state index contributed by atoms with van der Waals surface area (Å²) < 4.78 is 0. The van der Waals surface area contributed by atoms with Crippen LogP contribution in [0.2, 0.25) is 0 Å². The molecule has 1 heterocycles. The number of aromatic nitrogens is 2. The summed E-state index contributed by atoms with van der Waals surface area (Å²) in [5.41, 5.74) is 5.34. The summed E-state index contributed by atoms with van der Waals surface area (Å²) >= 11 is 0. The van der Waals surface area contributed by atoms with E-state index in [1.165, 1.54) is 41.6 Å². The van der Waals surface area contributed by atoms with Gasteiger partial charge in [0.25, 0.3) is 0 Å². The summed E-state index contributed by atoms with van der Waals surface area (Å²) in [6, 6.07) is 6.75. The van der Waals surface area contributed by atoms with Gasteiger partial charge in [-0.05, 0) is 37.7 Å². The van der Waals surface area contributed by atoms with E-state index in [4.69, 9.17) is 0 Å². The third-order valence-corrected chi connectivity index (χ3v) is 4.02. The zero-order valence-corrected chi connectivity index (χ0v) is 11.2. The van der Waals surface area contributed by atoms with E-state index in [1.807, 2.05) is 6.20 Å². The Morgan fingerprint density at radius 2 is 2.17 bits per heavy atom. The Bertz CT molecular complexity index is 550. The van der Waals surface area contributed by atoms with Crippen molar-refractivity contribution in [2.24, 2.45) is 0 Å². The van der Waals surface area contributed by atoms with Gasteiger partial charge in [-0.3, -0.25) is 0 Å². The van der Waals surface area contributed by atoms with Gasteiger partial charge in [0.2, 0.25) is 0 Å². The van der Waals surface area contributed by atoms with E-state index in [1.54, 1.807) is 0 Å². The first-order valence-electron chi connectivity index (χ1n) is 6.92. The molecule has 1 aliphatic rings. The van der Waals surface area contributed by atoms with Crippen molar-refractivity contribution in [2.75, 3.05) is 0 Å². The fourth-order valence-corrected chi connectivity index (χ4v) is 2.63. The number of H-pyrrole nitrogens is 1. The van der Waals surface area contributed by atoms with Gasteiger partial charge in [-0.2, -0.15) is 0 Å². The smallest absolute Gasteiger partial charge is 0.137 e. The summed E-state index contributed by atoms with van der Waals surface area (Å²) in [6.45, 7) is 4.32. The molecule has 1 saturated carbocycles. The Morgan fingerprint density at radius 3 is 2.78 bits per heavy atom. The molecule has 18 heavy (non-hydrogen) atoms. The molecular weight excluding hydrogens is 220 g/mol. The van der Waals surface area contributed by atoms with E-state index in [2.05, 4.69) is 42.0 Å². The molecule has 0 atom stereocenters. The van der Waals surface area contributed by atoms with Crippen molar-refractivity contribution >= 4 is 0 Å². The van der Waals surface area contributed by atoms with Gasteiger partial charge in [0.15, 0.2) is 0 Å². The van der Waals surface area contributed by atoms with Crippen molar-refractivity contribution < 1.29 is 0 Å². The number of hydrogen-bond acceptors (Lipinski definition) is 1. The van der Waals surface area contributed by atoms with Crippen LogP contribution in [0.15, 0.2) is 24.4 Å². The van der Waals surface area contributed by atoms with Crippen LogP contribution in [0.1, 0.15) is 48.9 Å². The lowest BCUT2D eigenvalue weighted by Crippen LogP contribution is -2.10. The lowest BCUT2D eigenvalue weighted by Gasteiger charge is -2.28. The molecule has 0 spiro atoms. The fourth-order valence-electron chi connectivity index (χ4n) is 2.63. The van der Waals surface area contributed by atoms with Gasteiger partial charge in [0.1, 0.15) is 5.82 Å². The molecule has 2 nitrogen and oxygen atoms in total. The molecule has 94 valence electrons.